The molecule has 0 spiro atoms. The maximum absolute atomic E-state index is 5.30. The Balaban J connectivity index is 1.73. The molecule has 2 aromatic rings. The molecule has 0 bridgehead atoms. The van der Waals surface area contributed by atoms with Crippen LogP contribution >= 0.6 is 11.3 Å². The lowest BCUT2D eigenvalue weighted by atomic mass is 10.0. The van der Waals surface area contributed by atoms with Gasteiger partial charge in [0.1, 0.15) is 0 Å². The molecule has 1 aliphatic carbocycles. The summed E-state index contributed by atoms with van der Waals surface area (Å²) in [5, 5.41) is 8.05. The fourth-order valence-electron chi connectivity index (χ4n) is 2.01. The molecule has 0 aliphatic heterocycles. The van der Waals surface area contributed by atoms with Gasteiger partial charge in [-0.25, -0.2) is 0 Å². The fourth-order valence-corrected chi connectivity index (χ4v) is 2.65. The third-order valence-electron chi connectivity index (χ3n) is 3.18. The number of rotatable bonds is 5. The lowest BCUT2D eigenvalue weighted by molar-refractivity contribution is 0.135. The molecule has 90 valence electrons. The molecule has 4 nitrogen and oxygen atoms in total. The van der Waals surface area contributed by atoms with E-state index in [4.69, 9.17) is 9.26 Å². The third-order valence-corrected chi connectivity index (χ3v) is 3.86. The number of thiophene rings is 1. The highest BCUT2D eigenvalue weighted by molar-refractivity contribution is 7.08. The Morgan fingerprint density at radius 3 is 3.06 bits per heavy atom. The summed E-state index contributed by atoms with van der Waals surface area (Å²) >= 11 is 1.64. The molecule has 1 aliphatic rings. The van der Waals surface area contributed by atoms with Crippen molar-refractivity contribution in [3.8, 4) is 11.4 Å². The van der Waals surface area contributed by atoms with Crippen LogP contribution in [-0.4, -0.2) is 23.9 Å². The van der Waals surface area contributed by atoms with E-state index in [0.717, 1.165) is 24.5 Å². The first kappa shape index (κ1) is 10.9. The lowest BCUT2D eigenvalue weighted by Crippen LogP contribution is -2.12. The van der Waals surface area contributed by atoms with Gasteiger partial charge in [0.15, 0.2) is 0 Å². The predicted octanol–water partition coefficient (Wildman–Crippen LogP) is 2.77. The second kappa shape index (κ2) is 4.23. The van der Waals surface area contributed by atoms with Crippen LogP contribution in [0, 0.1) is 5.41 Å². The summed E-state index contributed by atoms with van der Waals surface area (Å²) in [6, 6.07) is 2.00. The summed E-state index contributed by atoms with van der Waals surface area (Å²) in [7, 11) is 1.74. The number of hydrogen-bond donors (Lipinski definition) is 0. The molecule has 0 amide bonds. The van der Waals surface area contributed by atoms with Crippen LogP contribution in [0.5, 0.6) is 0 Å². The molecule has 0 aromatic carbocycles. The smallest absolute Gasteiger partial charge is 0.227 e. The van der Waals surface area contributed by atoms with E-state index in [1.807, 2.05) is 16.8 Å². The topological polar surface area (TPSA) is 48.2 Å². The molecular formula is C12H14N2O2S. The second-order valence-corrected chi connectivity index (χ2v) is 5.41. The van der Waals surface area contributed by atoms with Gasteiger partial charge in [-0.3, -0.25) is 0 Å². The quantitative estimate of drug-likeness (QED) is 0.818. The minimum Gasteiger partial charge on any atom is -0.384 e. The van der Waals surface area contributed by atoms with Crippen molar-refractivity contribution in [1.29, 1.82) is 0 Å². The molecule has 0 radical (unpaired) electrons. The van der Waals surface area contributed by atoms with Gasteiger partial charge in [-0.05, 0) is 24.3 Å². The Bertz CT molecular complexity index is 488. The van der Waals surface area contributed by atoms with Crippen LogP contribution in [-0.2, 0) is 11.2 Å². The average Bonchev–Trinajstić information content (AvgIpc) is 2.78. The zero-order chi connectivity index (χ0) is 11.7. The van der Waals surface area contributed by atoms with Gasteiger partial charge in [0, 0.05) is 29.9 Å². The normalized spacial score (nSPS) is 17.2. The van der Waals surface area contributed by atoms with Crippen molar-refractivity contribution in [3.63, 3.8) is 0 Å². The van der Waals surface area contributed by atoms with E-state index in [2.05, 4.69) is 10.1 Å². The minimum absolute atomic E-state index is 0.257. The number of nitrogens with zero attached hydrogens (tertiary/aromatic N) is 2. The summed E-state index contributed by atoms with van der Waals surface area (Å²) < 4.78 is 10.5. The molecule has 1 fully saturated rings. The Hall–Kier alpha value is -1.20. The Labute approximate surface area is 104 Å². The molecule has 5 heteroatoms. The predicted molar refractivity (Wildman–Crippen MR) is 64.9 cm³/mol. The number of ether oxygens (including phenoxy) is 1. The highest BCUT2D eigenvalue weighted by Gasteiger charge is 2.44. The zero-order valence-corrected chi connectivity index (χ0v) is 10.5. The van der Waals surface area contributed by atoms with Crippen molar-refractivity contribution in [3.05, 3.63) is 22.7 Å². The molecule has 2 aromatic heterocycles. The van der Waals surface area contributed by atoms with E-state index < -0.39 is 0 Å². The monoisotopic (exact) mass is 250 g/mol. The first-order chi connectivity index (χ1) is 8.31. The van der Waals surface area contributed by atoms with Crippen molar-refractivity contribution in [2.45, 2.75) is 19.3 Å². The third kappa shape index (κ3) is 2.25. The standard InChI is InChI=1S/C12H14N2O2S/c1-15-8-12(3-4-12)6-10-13-11(14-16-10)9-2-5-17-7-9/h2,5,7H,3-4,6,8H2,1H3. The highest BCUT2D eigenvalue weighted by atomic mass is 32.1. The van der Waals surface area contributed by atoms with Crippen molar-refractivity contribution in [2.24, 2.45) is 5.41 Å². The molecular weight excluding hydrogens is 236 g/mol. The maximum Gasteiger partial charge on any atom is 0.227 e. The van der Waals surface area contributed by atoms with Gasteiger partial charge in [-0.15, -0.1) is 0 Å². The van der Waals surface area contributed by atoms with Gasteiger partial charge in [-0.2, -0.15) is 16.3 Å². The van der Waals surface area contributed by atoms with E-state index in [1.165, 1.54) is 12.8 Å². The van der Waals surface area contributed by atoms with Crippen molar-refractivity contribution < 1.29 is 9.26 Å². The first-order valence-electron chi connectivity index (χ1n) is 5.65. The summed E-state index contributed by atoms with van der Waals surface area (Å²) in [5.41, 5.74) is 1.29. The van der Waals surface area contributed by atoms with Gasteiger partial charge >= 0.3 is 0 Å². The summed E-state index contributed by atoms with van der Waals surface area (Å²) in [5.74, 6) is 1.41. The zero-order valence-electron chi connectivity index (χ0n) is 9.68. The van der Waals surface area contributed by atoms with E-state index >= 15 is 0 Å². The van der Waals surface area contributed by atoms with E-state index in [1.54, 1.807) is 18.4 Å². The van der Waals surface area contributed by atoms with Gasteiger partial charge in [-0.1, -0.05) is 5.16 Å². The molecule has 0 saturated heterocycles. The van der Waals surface area contributed by atoms with Gasteiger partial charge in [0.05, 0.1) is 6.61 Å². The van der Waals surface area contributed by atoms with Crippen LogP contribution in [0.4, 0.5) is 0 Å². The van der Waals surface area contributed by atoms with Crippen LogP contribution in [0.15, 0.2) is 21.3 Å². The second-order valence-electron chi connectivity index (χ2n) is 4.63. The fraction of sp³-hybridized carbons (Fsp3) is 0.500. The van der Waals surface area contributed by atoms with E-state index in [-0.39, 0.29) is 5.41 Å². The summed E-state index contributed by atoms with van der Waals surface area (Å²) in [6.07, 6.45) is 3.21. The van der Waals surface area contributed by atoms with Crippen LogP contribution in [0.3, 0.4) is 0 Å². The van der Waals surface area contributed by atoms with E-state index in [0.29, 0.717) is 5.82 Å². The molecule has 2 heterocycles. The molecule has 3 rings (SSSR count). The van der Waals surface area contributed by atoms with Crippen molar-refractivity contribution in [1.82, 2.24) is 10.1 Å². The van der Waals surface area contributed by atoms with E-state index in [9.17, 15) is 0 Å². The maximum atomic E-state index is 5.30. The Morgan fingerprint density at radius 2 is 2.41 bits per heavy atom. The Morgan fingerprint density at radius 1 is 1.53 bits per heavy atom. The number of hydrogen-bond acceptors (Lipinski definition) is 5. The molecule has 0 N–H and O–H groups in total. The first-order valence-corrected chi connectivity index (χ1v) is 6.60. The highest BCUT2D eigenvalue weighted by Crippen LogP contribution is 2.48. The van der Waals surface area contributed by atoms with Crippen molar-refractivity contribution in [2.75, 3.05) is 13.7 Å². The average molecular weight is 250 g/mol. The SMILES string of the molecule is COCC1(Cc2nc(-c3ccsc3)no2)CC1. The largest absolute Gasteiger partial charge is 0.384 e. The molecule has 17 heavy (non-hydrogen) atoms. The summed E-state index contributed by atoms with van der Waals surface area (Å²) in [6.45, 7) is 0.781. The van der Waals surface area contributed by atoms with Gasteiger partial charge in [0.25, 0.3) is 0 Å². The summed E-state index contributed by atoms with van der Waals surface area (Å²) in [4.78, 5) is 4.43. The van der Waals surface area contributed by atoms with Gasteiger partial charge < -0.3 is 9.26 Å². The van der Waals surface area contributed by atoms with Gasteiger partial charge in [0.2, 0.25) is 11.7 Å². The van der Waals surface area contributed by atoms with Crippen molar-refractivity contribution >= 4 is 11.3 Å². The van der Waals surface area contributed by atoms with Crippen LogP contribution in [0.1, 0.15) is 18.7 Å². The van der Waals surface area contributed by atoms with Crippen LogP contribution < -0.4 is 0 Å². The minimum atomic E-state index is 0.257. The lowest BCUT2D eigenvalue weighted by Gasteiger charge is -2.09. The molecule has 1 saturated carbocycles. The number of methoxy groups -OCH3 is 1. The van der Waals surface area contributed by atoms with Crippen LogP contribution in [0.2, 0.25) is 0 Å². The molecule has 0 atom stereocenters. The number of aromatic nitrogens is 2. The molecule has 0 unspecified atom stereocenters. The van der Waals surface area contributed by atoms with Crippen LogP contribution in [0.25, 0.3) is 11.4 Å². The Kier molecular flexibility index (Phi) is 2.72.